The van der Waals surface area contributed by atoms with Crippen LogP contribution in [0.25, 0.3) is 0 Å². The summed E-state index contributed by atoms with van der Waals surface area (Å²) in [5.41, 5.74) is 1.77. The molecule has 1 heterocycles. The van der Waals surface area contributed by atoms with Crippen LogP contribution in [-0.2, 0) is 6.42 Å². The number of ketones is 1. The summed E-state index contributed by atoms with van der Waals surface area (Å²) in [5, 5.41) is 0. The maximum absolute atomic E-state index is 12.9. The minimum Gasteiger partial charge on any atom is -0.493 e. The van der Waals surface area contributed by atoms with Crippen molar-refractivity contribution in [3.63, 3.8) is 0 Å². The van der Waals surface area contributed by atoms with Crippen molar-refractivity contribution in [2.24, 2.45) is 11.8 Å². The van der Waals surface area contributed by atoms with Gasteiger partial charge in [-0.15, -0.1) is 0 Å². The summed E-state index contributed by atoms with van der Waals surface area (Å²) in [6.45, 7) is 4.33. The van der Waals surface area contributed by atoms with E-state index in [0.717, 1.165) is 23.5 Å². The van der Waals surface area contributed by atoms with Crippen molar-refractivity contribution < 1.29 is 23.7 Å². The summed E-state index contributed by atoms with van der Waals surface area (Å²) in [6, 6.07) is 11.2. The molecule has 0 amide bonds. The standard InChI is InChI=1S/C21H24O5/c1-13(9-15-5-7-18-20(10-15)26-12-25-18)14(2)21(22)16-6-8-17(23-3)19(11-16)24-4/h5-8,10-11,13-14H,9,12H2,1-4H3/t13-,14+/m0/s1. The lowest BCUT2D eigenvalue weighted by molar-refractivity contribution is 0.0892. The van der Waals surface area contributed by atoms with E-state index in [2.05, 4.69) is 6.92 Å². The van der Waals surface area contributed by atoms with Gasteiger partial charge in [-0.1, -0.05) is 19.9 Å². The molecule has 0 fully saturated rings. The lowest BCUT2D eigenvalue weighted by Crippen LogP contribution is -2.21. The highest BCUT2D eigenvalue weighted by Gasteiger charge is 2.24. The van der Waals surface area contributed by atoms with E-state index in [-0.39, 0.29) is 24.4 Å². The smallest absolute Gasteiger partial charge is 0.231 e. The number of methoxy groups -OCH3 is 2. The van der Waals surface area contributed by atoms with Crippen molar-refractivity contribution in [1.29, 1.82) is 0 Å². The zero-order chi connectivity index (χ0) is 18.7. The molecule has 138 valence electrons. The molecule has 0 N–H and O–H groups in total. The topological polar surface area (TPSA) is 54.0 Å². The highest BCUT2D eigenvalue weighted by Crippen LogP contribution is 2.34. The number of carbonyl (C=O) groups excluding carboxylic acids is 1. The quantitative estimate of drug-likeness (QED) is 0.698. The Balaban J connectivity index is 1.71. The van der Waals surface area contributed by atoms with Gasteiger partial charge < -0.3 is 18.9 Å². The molecule has 5 heteroatoms. The van der Waals surface area contributed by atoms with E-state index >= 15 is 0 Å². The fourth-order valence-electron chi connectivity index (χ4n) is 3.13. The maximum Gasteiger partial charge on any atom is 0.231 e. The third kappa shape index (κ3) is 3.62. The zero-order valence-electron chi connectivity index (χ0n) is 15.6. The molecule has 1 aliphatic heterocycles. The normalized spacial score (nSPS) is 14.6. The predicted molar refractivity (Wildman–Crippen MR) is 98.5 cm³/mol. The molecule has 0 saturated carbocycles. The van der Waals surface area contributed by atoms with E-state index in [1.165, 1.54) is 0 Å². The molecule has 2 aromatic carbocycles. The molecule has 3 rings (SSSR count). The number of Topliss-reactive ketones (excluding diaryl/α,β-unsaturated/α-hetero) is 1. The molecular weight excluding hydrogens is 332 g/mol. The molecule has 0 spiro atoms. The van der Waals surface area contributed by atoms with Gasteiger partial charge in [0.25, 0.3) is 0 Å². The van der Waals surface area contributed by atoms with Crippen LogP contribution in [0.5, 0.6) is 23.0 Å². The average Bonchev–Trinajstić information content (AvgIpc) is 3.13. The first-order valence-electron chi connectivity index (χ1n) is 8.68. The van der Waals surface area contributed by atoms with Crippen molar-refractivity contribution in [2.75, 3.05) is 21.0 Å². The molecule has 1 aliphatic rings. The Kier molecular flexibility index (Phi) is 5.35. The highest BCUT2D eigenvalue weighted by atomic mass is 16.7. The largest absolute Gasteiger partial charge is 0.493 e. The summed E-state index contributed by atoms with van der Waals surface area (Å²) < 4.78 is 21.3. The van der Waals surface area contributed by atoms with Crippen molar-refractivity contribution >= 4 is 5.78 Å². The minimum absolute atomic E-state index is 0.0965. The van der Waals surface area contributed by atoms with Gasteiger partial charge in [-0.2, -0.15) is 0 Å². The highest BCUT2D eigenvalue weighted by molar-refractivity contribution is 5.98. The molecule has 2 atom stereocenters. The van der Waals surface area contributed by atoms with Gasteiger partial charge in [0.2, 0.25) is 6.79 Å². The number of ether oxygens (including phenoxy) is 4. The Morgan fingerprint density at radius 3 is 2.46 bits per heavy atom. The third-order valence-corrected chi connectivity index (χ3v) is 4.93. The van der Waals surface area contributed by atoms with Crippen LogP contribution in [0.3, 0.4) is 0 Å². The van der Waals surface area contributed by atoms with E-state index in [1.54, 1.807) is 32.4 Å². The summed E-state index contributed by atoms with van der Waals surface area (Å²) in [4.78, 5) is 12.9. The van der Waals surface area contributed by atoms with Crippen LogP contribution >= 0.6 is 0 Å². The Morgan fingerprint density at radius 1 is 1.00 bits per heavy atom. The number of rotatable bonds is 7. The lowest BCUT2D eigenvalue weighted by Gasteiger charge is -2.20. The van der Waals surface area contributed by atoms with Crippen LogP contribution in [0.15, 0.2) is 36.4 Å². The van der Waals surface area contributed by atoms with Crippen molar-refractivity contribution in [2.45, 2.75) is 20.3 Å². The van der Waals surface area contributed by atoms with Crippen LogP contribution in [0, 0.1) is 11.8 Å². The van der Waals surface area contributed by atoms with Crippen molar-refractivity contribution in [3.8, 4) is 23.0 Å². The average molecular weight is 356 g/mol. The van der Waals surface area contributed by atoms with Gasteiger partial charge in [0.05, 0.1) is 14.2 Å². The van der Waals surface area contributed by atoms with Crippen LogP contribution < -0.4 is 18.9 Å². The fourth-order valence-corrected chi connectivity index (χ4v) is 3.13. The number of hydrogen-bond donors (Lipinski definition) is 0. The first-order chi connectivity index (χ1) is 12.5. The van der Waals surface area contributed by atoms with Crippen LogP contribution in [-0.4, -0.2) is 26.8 Å². The van der Waals surface area contributed by atoms with Crippen molar-refractivity contribution in [1.82, 2.24) is 0 Å². The molecule has 0 aliphatic carbocycles. The molecule has 0 aromatic heterocycles. The van der Waals surface area contributed by atoms with Gasteiger partial charge >= 0.3 is 0 Å². The Labute approximate surface area is 153 Å². The second kappa shape index (κ2) is 7.68. The molecule has 0 saturated heterocycles. The Bertz CT molecular complexity index is 799. The van der Waals surface area contributed by atoms with Gasteiger partial charge in [-0.05, 0) is 48.2 Å². The predicted octanol–water partition coefficient (Wildman–Crippen LogP) is 4.13. The van der Waals surface area contributed by atoms with Gasteiger partial charge in [0, 0.05) is 11.5 Å². The molecule has 2 aromatic rings. The monoisotopic (exact) mass is 356 g/mol. The van der Waals surface area contributed by atoms with E-state index in [1.807, 2.05) is 25.1 Å². The van der Waals surface area contributed by atoms with E-state index in [0.29, 0.717) is 17.1 Å². The van der Waals surface area contributed by atoms with E-state index in [4.69, 9.17) is 18.9 Å². The summed E-state index contributed by atoms with van der Waals surface area (Å²) >= 11 is 0. The summed E-state index contributed by atoms with van der Waals surface area (Å²) in [7, 11) is 3.15. The molecule has 5 nitrogen and oxygen atoms in total. The first-order valence-corrected chi connectivity index (χ1v) is 8.68. The number of hydrogen-bond acceptors (Lipinski definition) is 5. The second-order valence-electron chi connectivity index (χ2n) is 6.59. The molecule has 26 heavy (non-hydrogen) atoms. The summed E-state index contributed by atoms with van der Waals surface area (Å²) in [6.07, 6.45) is 0.789. The second-order valence-corrected chi connectivity index (χ2v) is 6.59. The molecular formula is C21H24O5. The zero-order valence-corrected chi connectivity index (χ0v) is 15.6. The SMILES string of the molecule is COc1ccc(C(=O)[C@H](C)[C@@H](C)Cc2ccc3c(c2)OCO3)cc1OC. The minimum atomic E-state index is -0.126. The van der Waals surface area contributed by atoms with Gasteiger partial charge in [-0.25, -0.2) is 0 Å². The van der Waals surface area contributed by atoms with E-state index in [9.17, 15) is 4.79 Å². The van der Waals surface area contributed by atoms with Gasteiger partial charge in [0.15, 0.2) is 28.8 Å². The molecule has 0 unspecified atom stereocenters. The van der Waals surface area contributed by atoms with Gasteiger partial charge in [-0.3, -0.25) is 4.79 Å². The number of carbonyl (C=O) groups is 1. The van der Waals surface area contributed by atoms with Gasteiger partial charge in [0.1, 0.15) is 0 Å². The number of fused-ring (bicyclic) bond motifs is 1. The van der Waals surface area contributed by atoms with Crippen LogP contribution in [0.2, 0.25) is 0 Å². The van der Waals surface area contributed by atoms with Crippen molar-refractivity contribution in [3.05, 3.63) is 47.5 Å². The third-order valence-electron chi connectivity index (χ3n) is 4.93. The fraction of sp³-hybridized carbons (Fsp3) is 0.381. The number of benzene rings is 2. The lowest BCUT2D eigenvalue weighted by atomic mass is 9.84. The Hall–Kier alpha value is -2.69. The summed E-state index contributed by atoms with van der Waals surface area (Å²) in [5.74, 6) is 2.87. The molecule has 0 bridgehead atoms. The van der Waals surface area contributed by atoms with Crippen LogP contribution in [0.1, 0.15) is 29.8 Å². The first kappa shape index (κ1) is 18.1. The maximum atomic E-state index is 12.9. The van der Waals surface area contributed by atoms with Crippen LogP contribution in [0.4, 0.5) is 0 Å². The Morgan fingerprint density at radius 2 is 1.73 bits per heavy atom. The van der Waals surface area contributed by atoms with E-state index < -0.39 is 0 Å². The molecule has 0 radical (unpaired) electrons.